The number of hydrogen-bond acceptors (Lipinski definition) is 4. The molecule has 0 atom stereocenters. The number of benzene rings is 2. The van der Waals surface area contributed by atoms with Crippen molar-refractivity contribution in [3.8, 4) is 11.5 Å². The molecule has 0 spiro atoms. The lowest BCUT2D eigenvalue weighted by molar-refractivity contribution is 0.142. The third-order valence-electron chi connectivity index (χ3n) is 4.71. The van der Waals surface area contributed by atoms with Crippen molar-refractivity contribution in [3.05, 3.63) is 52.0 Å². The first kappa shape index (κ1) is 20.6. The molecule has 6 nitrogen and oxygen atoms in total. The number of carbonyl (C=O) groups is 1. The monoisotopic (exact) mass is 423 g/mol. The summed E-state index contributed by atoms with van der Waals surface area (Å²) in [5.41, 5.74) is 1.69. The SMILES string of the molecule is COc1ccc(OC)c(CN2CCN(C(=O)Nc3ccc(Cl)c(Cl)c3)CC2)c1. The van der Waals surface area contributed by atoms with Gasteiger partial charge in [0.2, 0.25) is 0 Å². The van der Waals surface area contributed by atoms with Gasteiger partial charge in [-0.25, -0.2) is 4.79 Å². The minimum atomic E-state index is -0.142. The van der Waals surface area contributed by atoms with Gasteiger partial charge in [-0.1, -0.05) is 23.2 Å². The van der Waals surface area contributed by atoms with Crippen LogP contribution in [0.1, 0.15) is 5.56 Å². The number of nitrogens with one attached hydrogen (secondary N) is 1. The maximum atomic E-state index is 12.5. The normalized spacial score (nSPS) is 14.6. The lowest BCUT2D eigenvalue weighted by Crippen LogP contribution is -2.49. The molecule has 3 rings (SSSR count). The van der Waals surface area contributed by atoms with Gasteiger partial charge in [-0.3, -0.25) is 4.90 Å². The van der Waals surface area contributed by atoms with Crippen LogP contribution in [0.2, 0.25) is 10.0 Å². The van der Waals surface area contributed by atoms with E-state index in [1.807, 2.05) is 18.2 Å². The smallest absolute Gasteiger partial charge is 0.321 e. The Morgan fingerprint density at radius 1 is 1.00 bits per heavy atom. The van der Waals surface area contributed by atoms with Gasteiger partial charge < -0.3 is 19.7 Å². The molecule has 0 aliphatic carbocycles. The highest BCUT2D eigenvalue weighted by molar-refractivity contribution is 6.42. The minimum Gasteiger partial charge on any atom is -0.497 e. The van der Waals surface area contributed by atoms with Crippen molar-refractivity contribution in [2.24, 2.45) is 0 Å². The van der Waals surface area contributed by atoms with Gasteiger partial charge in [-0.2, -0.15) is 0 Å². The quantitative estimate of drug-likeness (QED) is 0.775. The number of methoxy groups -OCH3 is 2. The summed E-state index contributed by atoms with van der Waals surface area (Å²) in [7, 11) is 3.31. The van der Waals surface area contributed by atoms with Gasteiger partial charge in [0, 0.05) is 44.0 Å². The van der Waals surface area contributed by atoms with Crippen molar-refractivity contribution in [2.75, 3.05) is 45.7 Å². The molecule has 0 radical (unpaired) electrons. The number of ether oxygens (including phenoxy) is 2. The zero-order chi connectivity index (χ0) is 20.1. The highest BCUT2D eigenvalue weighted by Crippen LogP contribution is 2.27. The summed E-state index contributed by atoms with van der Waals surface area (Å²) in [6, 6.07) is 10.7. The maximum absolute atomic E-state index is 12.5. The Hall–Kier alpha value is -2.15. The molecular weight excluding hydrogens is 401 g/mol. The molecule has 150 valence electrons. The number of carbonyl (C=O) groups excluding carboxylic acids is 1. The summed E-state index contributed by atoms with van der Waals surface area (Å²) in [5, 5.41) is 3.74. The lowest BCUT2D eigenvalue weighted by Gasteiger charge is -2.35. The van der Waals surface area contributed by atoms with E-state index in [9.17, 15) is 4.79 Å². The van der Waals surface area contributed by atoms with Gasteiger partial charge in [0.1, 0.15) is 11.5 Å². The summed E-state index contributed by atoms with van der Waals surface area (Å²) < 4.78 is 10.8. The Balaban J connectivity index is 1.55. The second-order valence-electron chi connectivity index (χ2n) is 6.50. The van der Waals surface area contributed by atoms with Gasteiger partial charge >= 0.3 is 6.03 Å². The molecule has 2 amide bonds. The van der Waals surface area contributed by atoms with Crippen molar-refractivity contribution in [2.45, 2.75) is 6.54 Å². The van der Waals surface area contributed by atoms with E-state index in [0.29, 0.717) is 28.8 Å². The van der Waals surface area contributed by atoms with E-state index in [1.54, 1.807) is 37.3 Å². The molecule has 1 saturated heterocycles. The average Bonchev–Trinajstić information content (AvgIpc) is 2.71. The number of amides is 2. The number of urea groups is 1. The van der Waals surface area contributed by atoms with Crippen LogP contribution in [0.4, 0.5) is 10.5 Å². The molecule has 0 saturated carbocycles. The fraction of sp³-hybridized carbons (Fsp3) is 0.350. The van der Waals surface area contributed by atoms with E-state index < -0.39 is 0 Å². The van der Waals surface area contributed by atoms with Crippen LogP contribution >= 0.6 is 23.2 Å². The number of halogens is 2. The summed E-state index contributed by atoms with van der Waals surface area (Å²) in [6.45, 7) is 3.56. The van der Waals surface area contributed by atoms with Gasteiger partial charge in [-0.05, 0) is 36.4 Å². The summed E-state index contributed by atoms with van der Waals surface area (Å²) in [5.74, 6) is 1.64. The number of hydrogen-bond donors (Lipinski definition) is 1. The highest BCUT2D eigenvalue weighted by atomic mass is 35.5. The van der Waals surface area contributed by atoms with E-state index in [1.165, 1.54) is 0 Å². The maximum Gasteiger partial charge on any atom is 0.321 e. The third-order valence-corrected chi connectivity index (χ3v) is 5.45. The Kier molecular flexibility index (Phi) is 6.88. The molecule has 1 heterocycles. The van der Waals surface area contributed by atoms with Crippen LogP contribution < -0.4 is 14.8 Å². The zero-order valence-electron chi connectivity index (χ0n) is 15.9. The van der Waals surface area contributed by atoms with E-state index in [-0.39, 0.29) is 6.03 Å². The molecule has 1 fully saturated rings. The predicted molar refractivity (Wildman–Crippen MR) is 112 cm³/mol. The second-order valence-corrected chi connectivity index (χ2v) is 7.31. The topological polar surface area (TPSA) is 54.0 Å². The Bertz CT molecular complexity index is 839. The van der Waals surface area contributed by atoms with Gasteiger partial charge in [0.25, 0.3) is 0 Å². The molecule has 2 aromatic rings. The Morgan fingerprint density at radius 3 is 2.39 bits per heavy atom. The average molecular weight is 424 g/mol. The standard InChI is InChI=1S/C20H23Cl2N3O3/c1-27-16-4-6-19(28-2)14(11-16)13-24-7-9-25(10-8-24)20(26)23-15-3-5-17(21)18(22)12-15/h3-6,11-12H,7-10,13H2,1-2H3,(H,23,26). The number of piperazine rings is 1. The van der Waals surface area contributed by atoms with Crippen molar-refractivity contribution >= 4 is 34.9 Å². The van der Waals surface area contributed by atoms with E-state index in [4.69, 9.17) is 32.7 Å². The number of nitrogens with zero attached hydrogens (tertiary/aromatic N) is 2. The van der Waals surface area contributed by atoms with Gasteiger partial charge in [0.15, 0.2) is 0 Å². The fourth-order valence-corrected chi connectivity index (χ4v) is 3.43. The third kappa shape index (κ3) is 5.01. The van der Waals surface area contributed by atoms with Gasteiger partial charge in [0.05, 0.1) is 24.3 Å². The first-order valence-electron chi connectivity index (χ1n) is 8.94. The van der Waals surface area contributed by atoms with E-state index in [2.05, 4.69) is 10.2 Å². The van der Waals surface area contributed by atoms with Crippen molar-refractivity contribution < 1.29 is 14.3 Å². The largest absolute Gasteiger partial charge is 0.497 e. The number of anilines is 1. The molecule has 2 aromatic carbocycles. The summed E-state index contributed by atoms with van der Waals surface area (Å²) >= 11 is 11.9. The van der Waals surface area contributed by atoms with E-state index >= 15 is 0 Å². The molecule has 1 N–H and O–H groups in total. The van der Waals surface area contributed by atoms with Crippen molar-refractivity contribution in [3.63, 3.8) is 0 Å². The molecular formula is C20H23Cl2N3O3. The molecule has 1 aliphatic heterocycles. The lowest BCUT2D eigenvalue weighted by atomic mass is 10.1. The second kappa shape index (κ2) is 9.37. The first-order valence-corrected chi connectivity index (χ1v) is 9.70. The minimum absolute atomic E-state index is 0.142. The molecule has 0 aromatic heterocycles. The van der Waals surface area contributed by atoms with Crippen LogP contribution in [0.3, 0.4) is 0 Å². The molecule has 0 bridgehead atoms. The van der Waals surface area contributed by atoms with Crippen LogP contribution in [-0.2, 0) is 6.54 Å². The van der Waals surface area contributed by atoms with E-state index in [0.717, 1.165) is 36.7 Å². The molecule has 28 heavy (non-hydrogen) atoms. The van der Waals surface area contributed by atoms with Crippen LogP contribution in [0.15, 0.2) is 36.4 Å². The van der Waals surface area contributed by atoms with Crippen molar-refractivity contribution in [1.82, 2.24) is 9.80 Å². The Labute approximate surface area is 174 Å². The van der Waals surface area contributed by atoms with Crippen LogP contribution in [-0.4, -0.2) is 56.2 Å². The number of rotatable bonds is 5. The van der Waals surface area contributed by atoms with Crippen molar-refractivity contribution in [1.29, 1.82) is 0 Å². The molecule has 8 heteroatoms. The Morgan fingerprint density at radius 2 is 1.75 bits per heavy atom. The predicted octanol–water partition coefficient (Wildman–Crippen LogP) is 4.36. The highest BCUT2D eigenvalue weighted by Gasteiger charge is 2.22. The van der Waals surface area contributed by atoms with Crippen LogP contribution in [0.5, 0.6) is 11.5 Å². The first-order chi connectivity index (χ1) is 13.5. The van der Waals surface area contributed by atoms with Gasteiger partial charge in [-0.15, -0.1) is 0 Å². The summed E-state index contributed by atoms with van der Waals surface area (Å²) in [4.78, 5) is 16.6. The van der Waals surface area contributed by atoms with Crippen LogP contribution in [0, 0.1) is 0 Å². The zero-order valence-corrected chi connectivity index (χ0v) is 17.4. The fourth-order valence-electron chi connectivity index (χ4n) is 3.13. The molecule has 0 unspecified atom stereocenters. The van der Waals surface area contributed by atoms with Crippen LogP contribution in [0.25, 0.3) is 0 Å². The summed E-state index contributed by atoms with van der Waals surface area (Å²) in [6.07, 6.45) is 0. The molecule has 1 aliphatic rings.